The van der Waals surface area contributed by atoms with Gasteiger partial charge in [0.15, 0.2) is 0 Å². The third kappa shape index (κ3) is 4.23. The molecule has 0 radical (unpaired) electrons. The lowest BCUT2D eigenvalue weighted by molar-refractivity contribution is 0.214. The van der Waals surface area contributed by atoms with Gasteiger partial charge in [-0.2, -0.15) is 0 Å². The lowest BCUT2D eigenvalue weighted by Crippen LogP contribution is -2.37. The standard InChI is InChI=1S/C23H30N4/c1-17-14-20(19-8-11-27(12-9-19)13-10-24-2)16-21-23(17)26-22(25-21)15-18-6-4-3-5-7-18/h3-7,14,16,19,24H,8-13,15H2,1-2H3,(H,25,26). The predicted molar refractivity (Wildman–Crippen MR) is 112 cm³/mol. The SMILES string of the molecule is CNCCN1CCC(c2cc(C)c3nc(Cc4ccccc4)[nH]c3c2)CC1. The van der Waals surface area contributed by atoms with Gasteiger partial charge in [0.05, 0.1) is 11.0 Å². The number of fused-ring (bicyclic) bond motifs is 1. The van der Waals surface area contributed by atoms with Crippen LogP contribution in [-0.4, -0.2) is 48.1 Å². The molecule has 2 heterocycles. The van der Waals surface area contributed by atoms with Gasteiger partial charge < -0.3 is 15.2 Å². The highest BCUT2D eigenvalue weighted by molar-refractivity contribution is 5.79. The molecule has 0 amide bonds. The number of hydrogen-bond donors (Lipinski definition) is 2. The number of piperidine rings is 1. The molecule has 0 aliphatic carbocycles. The summed E-state index contributed by atoms with van der Waals surface area (Å²) in [6, 6.07) is 15.3. The number of aryl methyl sites for hydroxylation is 1. The number of nitrogens with one attached hydrogen (secondary N) is 2. The molecule has 1 aromatic heterocycles. The third-order valence-corrected chi connectivity index (χ3v) is 5.80. The van der Waals surface area contributed by atoms with Crippen LogP contribution in [0, 0.1) is 6.92 Å². The van der Waals surface area contributed by atoms with Gasteiger partial charge in [-0.15, -0.1) is 0 Å². The molecule has 4 nitrogen and oxygen atoms in total. The molecule has 0 bridgehead atoms. The van der Waals surface area contributed by atoms with E-state index in [-0.39, 0.29) is 0 Å². The Morgan fingerprint density at radius 3 is 2.67 bits per heavy atom. The van der Waals surface area contributed by atoms with Crippen LogP contribution in [-0.2, 0) is 6.42 Å². The molecule has 142 valence electrons. The van der Waals surface area contributed by atoms with E-state index in [0.717, 1.165) is 30.9 Å². The first kappa shape index (κ1) is 18.2. The van der Waals surface area contributed by atoms with Crippen molar-refractivity contribution in [2.24, 2.45) is 0 Å². The van der Waals surface area contributed by atoms with E-state index < -0.39 is 0 Å². The number of aromatic nitrogens is 2. The number of H-pyrrole nitrogens is 1. The highest BCUT2D eigenvalue weighted by Crippen LogP contribution is 2.31. The van der Waals surface area contributed by atoms with Crippen LogP contribution in [0.2, 0.25) is 0 Å². The zero-order valence-corrected chi connectivity index (χ0v) is 16.5. The quantitative estimate of drug-likeness (QED) is 0.700. The van der Waals surface area contributed by atoms with Crippen LogP contribution >= 0.6 is 0 Å². The Labute approximate surface area is 162 Å². The van der Waals surface area contributed by atoms with Crippen molar-refractivity contribution in [3.63, 3.8) is 0 Å². The highest BCUT2D eigenvalue weighted by Gasteiger charge is 2.21. The van der Waals surface area contributed by atoms with E-state index in [0.29, 0.717) is 5.92 Å². The molecule has 1 aliphatic heterocycles. The summed E-state index contributed by atoms with van der Waals surface area (Å²) in [5.41, 5.74) is 6.37. The number of likely N-dealkylation sites (tertiary alicyclic amines) is 1. The number of imidazole rings is 1. The van der Waals surface area contributed by atoms with Crippen molar-refractivity contribution in [1.82, 2.24) is 20.2 Å². The first-order valence-electron chi connectivity index (χ1n) is 10.1. The van der Waals surface area contributed by atoms with Crippen LogP contribution in [0.4, 0.5) is 0 Å². The van der Waals surface area contributed by atoms with Gasteiger partial charge in [-0.1, -0.05) is 36.4 Å². The molecule has 1 fully saturated rings. The van der Waals surface area contributed by atoms with Crippen LogP contribution in [0.3, 0.4) is 0 Å². The summed E-state index contributed by atoms with van der Waals surface area (Å²) in [6.45, 7) is 6.83. The Morgan fingerprint density at radius 2 is 1.93 bits per heavy atom. The number of rotatable bonds is 6. The molecule has 0 spiro atoms. The van der Waals surface area contributed by atoms with Crippen LogP contribution < -0.4 is 5.32 Å². The normalized spacial score (nSPS) is 16.2. The molecule has 4 heteroatoms. The highest BCUT2D eigenvalue weighted by atomic mass is 15.1. The molecule has 27 heavy (non-hydrogen) atoms. The largest absolute Gasteiger partial charge is 0.342 e. The van der Waals surface area contributed by atoms with Crippen molar-refractivity contribution in [2.45, 2.75) is 32.1 Å². The molecule has 3 aromatic rings. The Morgan fingerprint density at radius 1 is 1.15 bits per heavy atom. The minimum absolute atomic E-state index is 0.666. The Kier molecular flexibility index (Phi) is 5.55. The molecule has 1 saturated heterocycles. The maximum atomic E-state index is 4.87. The summed E-state index contributed by atoms with van der Waals surface area (Å²) in [6.07, 6.45) is 3.35. The minimum atomic E-state index is 0.666. The molecular weight excluding hydrogens is 332 g/mol. The van der Waals surface area contributed by atoms with Gasteiger partial charge in [0.2, 0.25) is 0 Å². The molecule has 0 atom stereocenters. The Bertz CT molecular complexity index is 876. The van der Waals surface area contributed by atoms with Gasteiger partial charge in [0.25, 0.3) is 0 Å². The molecule has 4 rings (SSSR count). The number of hydrogen-bond acceptors (Lipinski definition) is 3. The van der Waals surface area contributed by atoms with Crippen molar-refractivity contribution >= 4 is 11.0 Å². The van der Waals surface area contributed by atoms with Crippen molar-refractivity contribution in [3.05, 3.63) is 65.0 Å². The van der Waals surface area contributed by atoms with E-state index >= 15 is 0 Å². The minimum Gasteiger partial charge on any atom is -0.342 e. The van der Waals surface area contributed by atoms with E-state index in [1.54, 1.807) is 0 Å². The van der Waals surface area contributed by atoms with E-state index in [4.69, 9.17) is 4.98 Å². The molecule has 2 aromatic carbocycles. The van der Waals surface area contributed by atoms with E-state index in [9.17, 15) is 0 Å². The van der Waals surface area contributed by atoms with Crippen LogP contribution in [0.1, 0.15) is 41.3 Å². The molecule has 0 unspecified atom stereocenters. The average molecular weight is 363 g/mol. The molecular formula is C23H30N4. The van der Waals surface area contributed by atoms with Crippen LogP contribution in [0.5, 0.6) is 0 Å². The fourth-order valence-electron chi connectivity index (χ4n) is 4.24. The molecule has 1 aliphatic rings. The van der Waals surface area contributed by atoms with Gasteiger partial charge in [-0.3, -0.25) is 0 Å². The van der Waals surface area contributed by atoms with Crippen molar-refractivity contribution < 1.29 is 0 Å². The van der Waals surface area contributed by atoms with Crippen molar-refractivity contribution in [1.29, 1.82) is 0 Å². The van der Waals surface area contributed by atoms with Crippen molar-refractivity contribution in [3.8, 4) is 0 Å². The second-order valence-corrected chi connectivity index (χ2v) is 7.80. The number of likely N-dealkylation sites (N-methyl/N-ethyl adjacent to an activating group) is 1. The maximum absolute atomic E-state index is 4.87. The number of aromatic amines is 1. The van der Waals surface area contributed by atoms with Gasteiger partial charge in [-0.25, -0.2) is 4.98 Å². The summed E-state index contributed by atoms with van der Waals surface area (Å²) in [5, 5.41) is 3.25. The maximum Gasteiger partial charge on any atom is 0.111 e. The lowest BCUT2D eigenvalue weighted by Gasteiger charge is -2.32. The topological polar surface area (TPSA) is 44.0 Å². The molecule has 0 saturated carbocycles. The fourth-order valence-corrected chi connectivity index (χ4v) is 4.24. The smallest absolute Gasteiger partial charge is 0.111 e. The summed E-state index contributed by atoms with van der Waals surface area (Å²) < 4.78 is 0. The first-order valence-corrected chi connectivity index (χ1v) is 10.1. The van der Waals surface area contributed by atoms with Gasteiger partial charge >= 0.3 is 0 Å². The second-order valence-electron chi connectivity index (χ2n) is 7.80. The fraction of sp³-hybridized carbons (Fsp3) is 0.435. The van der Waals surface area contributed by atoms with Crippen LogP contribution in [0.15, 0.2) is 42.5 Å². The van der Waals surface area contributed by atoms with E-state index in [1.165, 1.54) is 48.1 Å². The first-order chi connectivity index (χ1) is 13.2. The summed E-state index contributed by atoms with van der Waals surface area (Å²) in [7, 11) is 2.03. The molecule has 2 N–H and O–H groups in total. The number of benzene rings is 2. The number of nitrogens with zero attached hydrogens (tertiary/aromatic N) is 2. The Hall–Kier alpha value is -2.17. The third-order valence-electron chi connectivity index (χ3n) is 5.80. The lowest BCUT2D eigenvalue weighted by atomic mass is 9.88. The zero-order valence-electron chi connectivity index (χ0n) is 16.5. The van der Waals surface area contributed by atoms with Gasteiger partial charge in [0, 0.05) is 19.5 Å². The van der Waals surface area contributed by atoms with Gasteiger partial charge in [0.1, 0.15) is 5.82 Å². The van der Waals surface area contributed by atoms with Crippen molar-refractivity contribution in [2.75, 3.05) is 33.2 Å². The Balaban J connectivity index is 1.50. The average Bonchev–Trinajstić information content (AvgIpc) is 3.10. The predicted octanol–water partition coefficient (Wildman–Crippen LogP) is 3.86. The van der Waals surface area contributed by atoms with E-state index in [1.807, 2.05) is 7.05 Å². The summed E-state index contributed by atoms with van der Waals surface area (Å²) in [5.74, 6) is 1.72. The van der Waals surface area contributed by atoms with E-state index in [2.05, 4.69) is 64.6 Å². The summed E-state index contributed by atoms with van der Waals surface area (Å²) >= 11 is 0. The zero-order chi connectivity index (χ0) is 18.6. The monoisotopic (exact) mass is 362 g/mol. The van der Waals surface area contributed by atoms with Crippen LogP contribution in [0.25, 0.3) is 11.0 Å². The summed E-state index contributed by atoms with van der Waals surface area (Å²) in [4.78, 5) is 11.0. The van der Waals surface area contributed by atoms with Gasteiger partial charge in [-0.05, 0) is 68.6 Å². The second kappa shape index (κ2) is 8.24.